The summed E-state index contributed by atoms with van der Waals surface area (Å²) >= 11 is 0. The van der Waals surface area contributed by atoms with Crippen molar-refractivity contribution in [2.45, 2.75) is 31.7 Å². The largest absolute Gasteiger partial charge is 0.481 e. The molecule has 0 aliphatic heterocycles. The molecule has 1 aliphatic rings. The van der Waals surface area contributed by atoms with Crippen LogP contribution in [0.3, 0.4) is 0 Å². The van der Waals surface area contributed by atoms with E-state index in [1.165, 1.54) is 4.90 Å². The van der Waals surface area contributed by atoms with E-state index in [4.69, 9.17) is 10.2 Å². The molecule has 0 saturated heterocycles. The van der Waals surface area contributed by atoms with Crippen molar-refractivity contribution in [3.63, 3.8) is 0 Å². The highest BCUT2D eigenvalue weighted by molar-refractivity contribution is 5.83. The minimum Gasteiger partial charge on any atom is -0.481 e. The van der Waals surface area contributed by atoms with E-state index < -0.39 is 24.0 Å². The maximum atomic E-state index is 11.7. The van der Waals surface area contributed by atoms with Gasteiger partial charge in [-0.15, -0.1) is 0 Å². The summed E-state index contributed by atoms with van der Waals surface area (Å²) in [6, 6.07) is -1.63. The van der Waals surface area contributed by atoms with Gasteiger partial charge in [0.25, 0.3) is 0 Å². The fraction of sp³-hybridized carbons (Fsp3) is 0.727. The van der Waals surface area contributed by atoms with Crippen LogP contribution in [0.2, 0.25) is 0 Å². The molecule has 0 aromatic heterocycles. The van der Waals surface area contributed by atoms with Gasteiger partial charge in [-0.05, 0) is 25.2 Å². The van der Waals surface area contributed by atoms with Gasteiger partial charge in [0.15, 0.2) is 0 Å². The molecule has 0 heterocycles. The molecule has 0 radical (unpaired) electrons. The number of hydrogen-bond acceptors (Lipinski definition) is 3. The smallest absolute Gasteiger partial charge is 0.326 e. The predicted octanol–water partition coefficient (Wildman–Crippen LogP) is 0.356. The van der Waals surface area contributed by atoms with E-state index in [0.717, 1.165) is 12.8 Å². The summed E-state index contributed by atoms with van der Waals surface area (Å²) in [5.41, 5.74) is 0. The van der Waals surface area contributed by atoms with Crippen LogP contribution >= 0.6 is 0 Å². The lowest BCUT2D eigenvalue weighted by molar-refractivity contribution is -0.140. The summed E-state index contributed by atoms with van der Waals surface area (Å²) in [6.45, 7) is 0.608. The number of carbonyl (C=O) groups is 3. The normalized spacial score (nSPS) is 15.8. The van der Waals surface area contributed by atoms with Gasteiger partial charge < -0.3 is 20.4 Å². The average Bonchev–Trinajstić information content (AvgIpc) is 3.06. The van der Waals surface area contributed by atoms with Crippen molar-refractivity contribution in [1.29, 1.82) is 0 Å². The van der Waals surface area contributed by atoms with Crippen molar-refractivity contribution in [1.82, 2.24) is 10.2 Å². The minimum absolute atomic E-state index is 0.117. The van der Waals surface area contributed by atoms with E-state index in [1.54, 1.807) is 7.05 Å². The highest BCUT2D eigenvalue weighted by atomic mass is 16.4. The molecule has 0 bridgehead atoms. The van der Waals surface area contributed by atoms with Gasteiger partial charge in [0.05, 0.1) is 0 Å². The molecular weight excluding hydrogens is 240 g/mol. The zero-order valence-corrected chi connectivity index (χ0v) is 10.3. The molecule has 1 fully saturated rings. The third-order valence-corrected chi connectivity index (χ3v) is 2.82. The van der Waals surface area contributed by atoms with Gasteiger partial charge in [0.2, 0.25) is 0 Å². The number of carboxylic acids is 2. The standard InChI is InChI=1S/C11H18N2O5/c1-13(6-7-2-3-7)11(18)12-8(10(16)17)4-5-9(14)15/h7-8H,2-6H2,1H3,(H,12,18)(H,14,15)(H,16,17). The summed E-state index contributed by atoms with van der Waals surface area (Å²) in [7, 11) is 1.60. The number of nitrogens with one attached hydrogen (secondary N) is 1. The Labute approximate surface area is 105 Å². The summed E-state index contributed by atoms with van der Waals surface area (Å²) in [5, 5.41) is 19.7. The van der Waals surface area contributed by atoms with Crippen LogP contribution in [0.1, 0.15) is 25.7 Å². The summed E-state index contributed by atoms with van der Waals surface area (Å²) in [4.78, 5) is 34.4. The lowest BCUT2D eigenvalue weighted by Crippen LogP contribution is -2.47. The monoisotopic (exact) mass is 258 g/mol. The number of urea groups is 1. The van der Waals surface area contributed by atoms with E-state index in [2.05, 4.69) is 5.32 Å². The molecule has 102 valence electrons. The Morgan fingerprint density at radius 3 is 2.39 bits per heavy atom. The van der Waals surface area contributed by atoms with E-state index >= 15 is 0 Å². The van der Waals surface area contributed by atoms with Gasteiger partial charge in [-0.25, -0.2) is 9.59 Å². The van der Waals surface area contributed by atoms with Crippen LogP contribution < -0.4 is 5.32 Å². The number of rotatable bonds is 7. The van der Waals surface area contributed by atoms with E-state index in [1.807, 2.05) is 0 Å². The molecule has 2 amide bonds. The maximum Gasteiger partial charge on any atom is 0.326 e. The molecule has 0 spiro atoms. The molecule has 1 atom stereocenters. The Hall–Kier alpha value is -1.79. The zero-order chi connectivity index (χ0) is 13.7. The van der Waals surface area contributed by atoms with Crippen molar-refractivity contribution >= 4 is 18.0 Å². The van der Waals surface area contributed by atoms with Crippen LogP contribution in [0.5, 0.6) is 0 Å². The Morgan fingerprint density at radius 2 is 1.94 bits per heavy atom. The van der Waals surface area contributed by atoms with Crippen molar-refractivity contribution in [2.75, 3.05) is 13.6 Å². The molecule has 1 saturated carbocycles. The molecule has 1 aliphatic carbocycles. The summed E-state index contributed by atoms with van der Waals surface area (Å²) < 4.78 is 0. The Kier molecular flexibility index (Phi) is 4.94. The van der Waals surface area contributed by atoms with Gasteiger partial charge in [0.1, 0.15) is 6.04 Å². The number of aliphatic carboxylic acids is 2. The molecule has 3 N–H and O–H groups in total. The molecule has 7 nitrogen and oxygen atoms in total. The maximum absolute atomic E-state index is 11.7. The quantitative estimate of drug-likeness (QED) is 0.611. The molecule has 0 aromatic rings. The minimum atomic E-state index is -1.22. The molecule has 0 aromatic carbocycles. The molecule has 7 heteroatoms. The first-order valence-electron chi connectivity index (χ1n) is 5.86. The number of carboxylic acid groups (broad SMARTS) is 2. The average molecular weight is 258 g/mol. The second-order valence-electron chi connectivity index (χ2n) is 4.60. The van der Waals surface area contributed by atoms with Gasteiger partial charge >= 0.3 is 18.0 Å². The third-order valence-electron chi connectivity index (χ3n) is 2.82. The fourth-order valence-electron chi connectivity index (χ4n) is 1.56. The van der Waals surface area contributed by atoms with Crippen LogP contribution in [0.15, 0.2) is 0 Å². The van der Waals surface area contributed by atoms with E-state index in [-0.39, 0.29) is 12.8 Å². The van der Waals surface area contributed by atoms with E-state index in [0.29, 0.717) is 12.5 Å². The van der Waals surface area contributed by atoms with Gasteiger partial charge in [-0.1, -0.05) is 0 Å². The summed E-state index contributed by atoms with van der Waals surface area (Å²) in [6.07, 6.45) is 1.79. The highest BCUT2D eigenvalue weighted by Gasteiger charge is 2.27. The molecule has 18 heavy (non-hydrogen) atoms. The first-order chi connectivity index (χ1) is 8.40. The van der Waals surface area contributed by atoms with E-state index in [9.17, 15) is 14.4 Å². The number of nitrogens with zero attached hydrogens (tertiary/aromatic N) is 1. The number of carbonyl (C=O) groups excluding carboxylic acids is 1. The molecule has 1 unspecified atom stereocenters. The SMILES string of the molecule is CN(CC1CC1)C(=O)NC(CCC(=O)O)C(=O)O. The number of amides is 2. The van der Waals surface area contributed by atoms with Gasteiger partial charge in [-0.3, -0.25) is 4.79 Å². The Morgan fingerprint density at radius 1 is 1.33 bits per heavy atom. The predicted molar refractivity (Wildman–Crippen MR) is 62.2 cm³/mol. The fourth-order valence-corrected chi connectivity index (χ4v) is 1.56. The lowest BCUT2D eigenvalue weighted by Gasteiger charge is -2.21. The van der Waals surface area contributed by atoms with Crippen LogP contribution in [0.25, 0.3) is 0 Å². The highest BCUT2D eigenvalue weighted by Crippen LogP contribution is 2.29. The van der Waals surface area contributed by atoms with Crippen LogP contribution in [0, 0.1) is 5.92 Å². The Bertz CT molecular complexity index is 340. The topological polar surface area (TPSA) is 107 Å². The van der Waals surface area contributed by atoms with Crippen LogP contribution in [-0.2, 0) is 9.59 Å². The van der Waals surface area contributed by atoms with Crippen molar-refractivity contribution in [3.8, 4) is 0 Å². The van der Waals surface area contributed by atoms with Crippen molar-refractivity contribution in [2.24, 2.45) is 5.92 Å². The first-order valence-corrected chi connectivity index (χ1v) is 5.86. The summed E-state index contributed by atoms with van der Waals surface area (Å²) in [5.74, 6) is -1.78. The van der Waals surface area contributed by atoms with Gasteiger partial charge in [-0.2, -0.15) is 0 Å². The second kappa shape index (κ2) is 6.23. The first kappa shape index (κ1) is 14.3. The molecular formula is C11H18N2O5. The Balaban J connectivity index is 2.40. The third kappa shape index (κ3) is 5.03. The molecule has 1 rings (SSSR count). The van der Waals surface area contributed by atoms with Gasteiger partial charge in [0, 0.05) is 20.0 Å². The van der Waals surface area contributed by atoms with Crippen molar-refractivity contribution in [3.05, 3.63) is 0 Å². The number of hydrogen-bond donors (Lipinski definition) is 3. The van der Waals surface area contributed by atoms with Crippen molar-refractivity contribution < 1.29 is 24.6 Å². The van der Waals surface area contributed by atoms with Crippen LogP contribution in [0.4, 0.5) is 4.79 Å². The zero-order valence-electron chi connectivity index (χ0n) is 10.3. The van der Waals surface area contributed by atoms with Crippen LogP contribution in [-0.4, -0.2) is 52.7 Å². The second-order valence-corrected chi connectivity index (χ2v) is 4.60. The lowest BCUT2D eigenvalue weighted by atomic mass is 10.1.